The Morgan fingerprint density at radius 2 is 2.00 bits per heavy atom. The molecular weight excluding hydrogens is 194 g/mol. The van der Waals surface area contributed by atoms with Crippen molar-refractivity contribution < 1.29 is 19.6 Å². The van der Waals surface area contributed by atoms with Crippen molar-refractivity contribution in [1.82, 2.24) is 0 Å². The van der Waals surface area contributed by atoms with Crippen molar-refractivity contribution in [1.29, 1.82) is 0 Å². The minimum atomic E-state index is 0.263. The van der Waals surface area contributed by atoms with Crippen LogP contribution in [-0.2, 0) is 19.6 Å². The maximum atomic E-state index is 4.34. The molecule has 0 bridgehead atoms. The van der Waals surface area contributed by atoms with E-state index in [0.29, 0.717) is 0 Å². The van der Waals surface area contributed by atoms with Crippen molar-refractivity contribution in [2.45, 2.75) is 45.6 Å². The average molecular weight is 209 g/mol. The monoisotopic (exact) mass is 211 g/mol. The van der Waals surface area contributed by atoms with Gasteiger partial charge >= 0.3 is 68.7 Å². The van der Waals surface area contributed by atoms with Crippen molar-refractivity contribution in [3.05, 3.63) is 0 Å². The Labute approximate surface area is 69.0 Å². The summed E-state index contributed by atoms with van der Waals surface area (Å²) in [5, 5.41) is 0. The predicted molar refractivity (Wildman–Crippen MR) is 36.0 cm³/mol. The van der Waals surface area contributed by atoms with Crippen LogP contribution in [0.15, 0.2) is 3.50 Å². The van der Waals surface area contributed by atoms with Gasteiger partial charge in [-0.05, 0) is 0 Å². The van der Waals surface area contributed by atoms with Gasteiger partial charge in [0, 0.05) is 0 Å². The van der Waals surface area contributed by atoms with E-state index in [1.54, 1.807) is 0 Å². The van der Waals surface area contributed by atoms with E-state index in [0.717, 1.165) is 0 Å². The van der Waals surface area contributed by atoms with Crippen LogP contribution in [0.2, 0.25) is 0 Å². The van der Waals surface area contributed by atoms with Gasteiger partial charge in [0.25, 0.3) is 0 Å². The molecule has 0 N–H and O–H groups in total. The quantitative estimate of drug-likeness (QED) is 0.631. The molecule has 0 amide bonds. The van der Waals surface area contributed by atoms with Gasteiger partial charge in [-0.2, -0.15) is 0 Å². The van der Waals surface area contributed by atoms with Crippen LogP contribution in [0.25, 0.3) is 0 Å². The third-order valence-corrected chi connectivity index (χ3v) is 2.85. The molecule has 0 aliphatic carbocycles. The predicted octanol–water partition coefficient (Wildman–Crippen LogP) is 2.69. The van der Waals surface area contributed by atoms with Gasteiger partial charge in [0.15, 0.2) is 0 Å². The Kier molecular flexibility index (Phi) is 4.56. The molecule has 0 aromatic rings. The number of hydrogen-bond donors (Lipinski definition) is 0. The first-order chi connectivity index (χ1) is 4.18. The molecule has 0 spiro atoms. The molecule has 0 aliphatic heterocycles. The summed E-state index contributed by atoms with van der Waals surface area (Å²) in [5.41, 5.74) is 0.263. The summed E-state index contributed by atoms with van der Waals surface area (Å²) in [6.45, 7) is 6.63. The molecule has 0 saturated carbocycles. The molecule has 0 radical (unpaired) electrons. The molecule has 0 heterocycles. The summed E-state index contributed by atoms with van der Waals surface area (Å²) in [6, 6.07) is 0. The molecule has 1 nitrogen and oxygen atoms in total. The van der Waals surface area contributed by atoms with E-state index < -0.39 is 0 Å². The average Bonchev–Trinajstić information content (AvgIpc) is 1.89. The third-order valence-electron chi connectivity index (χ3n) is 1.77. The molecule has 2 heteroatoms. The number of nitrogens with zero attached hydrogens (tertiary/aromatic N) is 1. The Bertz CT molecular complexity index is 92.9. The van der Waals surface area contributed by atoms with Crippen molar-refractivity contribution in [2.75, 3.05) is 0 Å². The van der Waals surface area contributed by atoms with Gasteiger partial charge in [-0.25, -0.2) is 0 Å². The summed E-state index contributed by atoms with van der Waals surface area (Å²) in [6.07, 6.45) is 3.63. The van der Waals surface area contributed by atoms with Crippen LogP contribution in [0.3, 0.4) is 0 Å². The van der Waals surface area contributed by atoms with Crippen LogP contribution in [0.5, 0.6) is 0 Å². The minimum absolute atomic E-state index is 0.263. The van der Waals surface area contributed by atoms with Gasteiger partial charge in [0.1, 0.15) is 0 Å². The van der Waals surface area contributed by atoms with Crippen LogP contribution in [0.1, 0.15) is 40.0 Å². The third kappa shape index (κ3) is 3.25. The van der Waals surface area contributed by atoms with Crippen molar-refractivity contribution >= 4 is 0 Å². The van der Waals surface area contributed by atoms with Crippen LogP contribution >= 0.6 is 0 Å². The maximum absolute atomic E-state index is 4.34. The second-order valence-electron chi connectivity index (χ2n) is 2.69. The van der Waals surface area contributed by atoms with Crippen LogP contribution in [0.4, 0.5) is 0 Å². The van der Waals surface area contributed by atoms with E-state index in [-0.39, 0.29) is 5.54 Å². The van der Waals surface area contributed by atoms with E-state index in [2.05, 4.69) is 24.3 Å². The first kappa shape index (κ1) is 9.49. The zero-order valence-corrected chi connectivity index (χ0v) is 8.48. The Hall–Kier alpha value is 0.488. The van der Waals surface area contributed by atoms with Crippen molar-refractivity contribution in [3.8, 4) is 0 Å². The van der Waals surface area contributed by atoms with Gasteiger partial charge in [-0.1, -0.05) is 0 Å². The first-order valence-electron chi connectivity index (χ1n) is 3.53. The molecular formula is C7H15MoN. The van der Waals surface area contributed by atoms with Crippen molar-refractivity contribution in [3.63, 3.8) is 0 Å². The second kappa shape index (κ2) is 4.33. The van der Waals surface area contributed by atoms with Gasteiger partial charge in [-0.15, -0.1) is 0 Å². The standard InChI is InChI=1S/C7H15N.Mo/c1-4-6-7(3,8)5-2;/h4-6H2,1-3H3;. The van der Waals surface area contributed by atoms with E-state index >= 15 is 0 Å². The fourth-order valence-corrected chi connectivity index (χ4v) is 1.37. The van der Waals surface area contributed by atoms with Gasteiger partial charge < -0.3 is 0 Å². The summed E-state index contributed by atoms with van der Waals surface area (Å²) in [4.78, 5) is 0. The summed E-state index contributed by atoms with van der Waals surface area (Å²) in [7, 11) is 0. The van der Waals surface area contributed by atoms with E-state index in [9.17, 15) is 0 Å². The van der Waals surface area contributed by atoms with E-state index in [4.69, 9.17) is 0 Å². The van der Waals surface area contributed by atoms with Crippen LogP contribution < -0.4 is 0 Å². The summed E-state index contributed by atoms with van der Waals surface area (Å²) in [5.74, 6) is 0. The molecule has 0 aromatic heterocycles. The Balaban J connectivity index is 3.76. The van der Waals surface area contributed by atoms with Gasteiger partial charge in [0.2, 0.25) is 0 Å². The molecule has 0 rings (SSSR count). The molecule has 0 aromatic carbocycles. The first-order valence-corrected chi connectivity index (χ1v) is 4.43. The fourth-order valence-electron chi connectivity index (χ4n) is 0.826. The normalized spacial score (nSPS) is 16.8. The fraction of sp³-hybridized carbons (Fsp3) is 1.00. The summed E-state index contributed by atoms with van der Waals surface area (Å²) < 4.78 is 4.34. The molecule has 0 fully saturated rings. The van der Waals surface area contributed by atoms with Crippen LogP contribution in [0, 0.1) is 0 Å². The summed E-state index contributed by atoms with van der Waals surface area (Å²) >= 11 is 1.85. The SMILES string of the molecule is CCCC(C)(CC)[N]=[Mo]. The topological polar surface area (TPSA) is 12.4 Å². The molecule has 1 unspecified atom stereocenters. The molecule has 0 saturated heterocycles. The van der Waals surface area contributed by atoms with Crippen LogP contribution in [-0.4, -0.2) is 5.54 Å². The Morgan fingerprint density at radius 1 is 1.44 bits per heavy atom. The molecule has 1 atom stereocenters. The molecule has 54 valence electrons. The number of hydrogen-bond acceptors (Lipinski definition) is 1. The van der Waals surface area contributed by atoms with Gasteiger partial charge in [0.05, 0.1) is 0 Å². The van der Waals surface area contributed by atoms with E-state index in [1.807, 2.05) is 19.6 Å². The zero-order chi connectivity index (χ0) is 7.33. The van der Waals surface area contributed by atoms with Crippen molar-refractivity contribution in [2.24, 2.45) is 3.50 Å². The molecule has 9 heavy (non-hydrogen) atoms. The Morgan fingerprint density at radius 3 is 2.11 bits per heavy atom. The van der Waals surface area contributed by atoms with Gasteiger partial charge in [-0.3, -0.25) is 0 Å². The van der Waals surface area contributed by atoms with E-state index in [1.165, 1.54) is 19.3 Å². The number of rotatable bonds is 4. The zero-order valence-electron chi connectivity index (χ0n) is 6.48. The molecule has 0 aliphatic rings. The second-order valence-corrected chi connectivity index (χ2v) is 3.14.